The van der Waals surface area contributed by atoms with Crippen LogP contribution in [0.15, 0.2) is 12.7 Å². The second kappa shape index (κ2) is 6.20. The SMILES string of the molecule is C=CCC(C)C(C)NCC(C)(C)CO. The summed E-state index contributed by atoms with van der Waals surface area (Å²) in [4.78, 5) is 0. The van der Waals surface area contributed by atoms with Crippen molar-refractivity contribution >= 4 is 0 Å². The Balaban J connectivity index is 3.83. The van der Waals surface area contributed by atoms with E-state index in [0.29, 0.717) is 12.0 Å². The van der Waals surface area contributed by atoms with E-state index in [1.54, 1.807) is 0 Å². The largest absolute Gasteiger partial charge is 0.396 e. The highest BCUT2D eigenvalue weighted by molar-refractivity contribution is 4.79. The van der Waals surface area contributed by atoms with Gasteiger partial charge >= 0.3 is 0 Å². The average molecular weight is 199 g/mol. The van der Waals surface area contributed by atoms with Gasteiger partial charge in [0.15, 0.2) is 0 Å². The van der Waals surface area contributed by atoms with E-state index in [1.165, 1.54) is 0 Å². The van der Waals surface area contributed by atoms with Crippen LogP contribution in [0.25, 0.3) is 0 Å². The van der Waals surface area contributed by atoms with Crippen LogP contribution >= 0.6 is 0 Å². The van der Waals surface area contributed by atoms with Gasteiger partial charge in [0, 0.05) is 24.6 Å². The summed E-state index contributed by atoms with van der Waals surface area (Å²) in [6.45, 7) is 13.3. The molecule has 0 spiro atoms. The molecule has 0 saturated heterocycles. The number of rotatable bonds is 7. The van der Waals surface area contributed by atoms with Crippen molar-refractivity contribution in [2.24, 2.45) is 11.3 Å². The third kappa shape index (κ3) is 5.40. The highest BCUT2D eigenvalue weighted by atomic mass is 16.3. The van der Waals surface area contributed by atoms with Crippen molar-refractivity contribution in [3.63, 3.8) is 0 Å². The van der Waals surface area contributed by atoms with Gasteiger partial charge in [-0.3, -0.25) is 0 Å². The molecular formula is C12H25NO. The second-order valence-electron chi connectivity index (χ2n) is 4.99. The Labute approximate surface area is 88.4 Å². The molecule has 0 heterocycles. The number of hydrogen-bond donors (Lipinski definition) is 2. The molecule has 2 unspecified atom stereocenters. The van der Waals surface area contributed by atoms with Crippen molar-refractivity contribution in [1.82, 2.24) is 5.32 Å². The molecule has 2 N–H and O–H groups in total. The van der Waals surface area contributed by atoms with Crippen LogP contribution in [0.2, 0.25) is 0 Å². The first-order valence-corrected chi connectivity index (χ1v) is 5.38. The van der Waals surface area contributed by atoms with Crippen molar-refractivity contribution < 1.29 is 5.11 Å². The van der Waals surface area contributed by atoms with Crippen molar-refractivity contribution in [3.05, 3.63) is 12.7 Å². The van der Waals surface area contributed by atoms with Gasteiger partial charge in [-0.15, -0.1) is 6.58 Å². The average Bonchev–Trinajstić information content (AvgIpc) is 2.15. The molecule has 0 aliphatic heterocycles. The zero-order valence-corrected chi connectivity index (χ0v) is 10.0. The Morgan fingerprint density at radius 2 is 2.00 bits per heavy atom. The Bertz CT molecular complexity index is 166. The quantitative estimate of drug-likeness (QED) is 0.616. The van der Waals surface area contributed by atoms with Crippen molar-refractivity contribution in [2.75, 3.05) is 13.2 Å². The van der Waals surface area contributed by atoms with Gasteiger partial charge in [0.25, 0.3) is 0 Å². The van der Waals surface area contributed by atoms with E-state index in [-0.39, 0.29) is 12.0 Å². The standard InChI is InChI=1S/C12H25NO/c1-6-7-10(2)11(3)13-8-12(4,5)9-14/h6,10-11,13-14H,1,7-9H2,2-5H3. The van der Waals surface area contributed by atoms with E-state index in [1.807, 2.05) is 6.08 Å². The van der Waals surface area contributed by atoms with Crippen LogP contribution in [0.4, 0.5) is 0 Å². The summed E-state index contributed by atoms with van der Waals surface area (Å²) >= 11 is 0. The molecule has 0 radical (unpaired) electrons. The molecule has 0 aromatic carbocycles. The highest BCUT2D eigenvalue weighted by Gasteiger charge is 2.18. The van der Waals surface area contributed by atoms with E-state index in [9.17, 15) is 0 Å². The van der Waals surface area contributed by atoms with Crippen LogP contribution in [0.5, 0.6) is 0 Å². The molecule has 0 rings (SSSR count). The van der Waals surface area contributed by atoms with Crippen LogP contribution < -0.4 is 5.32 Å². The normalized spacial score (nSPS) is 16.4. The topological polar surface area (TPSA) is 32.3 Å². The molecule has 0 saturated carbocycles. The number of nitrogens with one attached hydrogen (secondary N) is 1. The maximum atomic E-state index is 9.09. The van der Waals surface area contributed by atoms with Crippen LogP contribution in [0, 0.1) is 11.3 Å². The minimum Gasteiger partial charge on any atom is -0.396 e. The van der Waals surface area contributed by atoms with Crippen molar-refractivity contribution in [2.45, 2.75) is 40.2 Å². The van der Waals surface area contributed by atoms with E-state index in [2.05, 4.69) is 39.6 Å². The third-order valence-corrected chi connectivity index (χ3v) is 2.72. The fourth-order valence-electron chi connectivity index (χ4n) is 1.16. The molecule has 0 bridgehead atoms. The lowest BCUT2D eigenvalue weighted by Gasteiger charge is -2.27. The Kier molecular flexibility index (Phi) is 6.05. The van der Waals surface area contributed by atoms with Gasteiger partial charge in [0.05, 0.1) is 0 Å². The molecule has 0 aliphatic rings. The number of hydrogen-bond acceptors (Lipinski definition) is 2. The lowest BCUT2D eigenvalue weighted by atomic mass is 9.93. The summed E-state index contributed by atoms with van der Waals surface area (Å²) in [6.07, 6.45) is 2.99. The predicted octanol–water partition coefficient (Wildman–Crippen LogP) is 2.20. The maximum absolute atomic E-state index is 9.09. The van der Waals surface area contributed by atoms with E-state index in [4.69, 9.17) is 5.11 Å². The van der Waals surface area contributed by atoms with Gasteiger partial charge < -0.3 is 10.4 Å². The Morgan fingerprint density at radius 1 is 1.43 bits per heavy atom. The van der Waals surface area contributed by atoms with Gasteiger partial charge in [-0.2, -0.15) is 0 Å². The monoisotopic (exact) mass is 199 g/mol. The Morgan fingerprint density at radius 3 is 2.43 bits per heavy atom. The second-order valence-corrected chi connectivity index (χ2v) is 4.99. The first-order chi connectivity index (χ1) is 6.43. The van der Waals surface area contributed by atoms with Gasteiger partial charge in [-0.05, 0) is 19.3 Å². The third-order valence-electron chi connectivity index (χ3n) is 2.72. The number of allylic oxidation sites excluding steroid dienone is 1. The summed E-state index contributed by atoms with van der Waals surface area (Å²) in [5.74, 6) is 0.599. The lowest BCUT2D eigenvalue weighted by Crippen LogP contribution is -2.40. The first-order valence-electron chi connectivity index (χ1n) is 5.38. The van der Waals surface area contributed by atoms with Crippen LogP contribution in [-0.4, -0.2) is 24.3 Å². The molecule has 0 aromatic heterocycles. The molecule has 2 nitrogen and oxygen atoms in total. The van der Waals surface area contributed by atoms with Gasteiger partial charge in [0.2, 0.25) is 0 Å². The summed E-state index contributed by atoms with van der Waals surface area (Å²) in [5, 5.41) is 12.5. The lowest BCUT2D eigenvalue weighted by molar-refractivity contribution is 0.150. The first kappa shape index (κ1) is 13.7. The predicted molar refractivity (Wildman–Crippen MR) is 62.3 cm³/mol. The smallest absolute Gasteiger partial charge is 0.0494 e. The zero-order valence-electron chi connectivity index (χ0n) is 10.0. The molecule has 84 valence electrons. The van der Waals surface area contributed by atoms with Crippen LogP contribution in [0.3, 0.4) is 0 Å². The highest BCUT2D eigenvalue weighted by Crippen LogP contribution is 2.14. The fourth-order valence-corrected chi connectivity index (χ4v) is 1.16. The molecule has 0 aliphatic carbocycles. The fraction of sp³-hybridized carbons (Fsp3) is 0.833. The molecule has 2 atom stereocenters. The minimum absolute atomic E-state index is 0.0256. The van der Waals surface area contributed by atoms with Gasteiger partial charge in [-0.25, -0.2) is 0 Å². The molecule has 0 amide bonds. The number of aliphatic hydroxyl groups is 1. The summed E-state index contributed by atoms with van der Waals surface area (Å²) in [5.41, 5.74) is -0.0256. The Hall–Kier alpha value is -0.340. The van der Waals surface area contributed by atoms with Crippen molar-refractivity contribution in [3.8, 4) is 0 Å². The van der Waals surface area contributed by atoms with Crippen LogP contribution in [0.1, 0.15) is 34.1 Å². The van der Waals surface area contributed by atoms with Crippen molar-refractivity contribution in [1.29, 1.82) is 0 Å². The zero-order chi connectivity index (χ0) is 11.2. The molecule has 0 aromatic rings. The molecule has 0 fully saturated rings. The number of aliphatic hydroxyl groups excluding tert-OH is 1. The summed E-state index contributed by atoms with van der Waals surface area (Å²) in [7, 11) is 0. The molecule has 2 heteroatoms. The summed E-state index contributed by atoms with van der Waals surface area (Å²) in [6, 6.07) is 0.471. The maximum Gasteiger partial charge on any atom is 0.0494 e. The molecular weight excluding hydrogens is 174 g/mol. The van der Waals surface area contributed by atoms with Gasteiger partial charge in [0.1, 0.15) is 0 Å². The van der Waals surface area contributed by atoms with E-state index in [0.717, 1.165) is 13.0 Å². The molecule has 14 heavy (non-hydrogen) atoms. The van der Waals surface area contributed by atoms with Crippen LogP contribution in [-0.2, 0) is 0 Å². The summed E-state index contributed by atoms with van der Waals surface area (Å²) < 4.78 is 0. The van der Waals surface area contributed by atoms with E-state index >= 15 is 0 Å². The van der Waals surface area contributed by atoms with E-state index < -0.39 is 0 Å². The van der Waals surface area contributed by atoms with Gasteiger partial charge in [-0.1, -0.05) is 26.8 Å². The minimum atomic E-state index is -0.0256.